The Balaban J connectivity index is 1.87. The zero-order chi connectivity index (χ0) is 13.2. The van der Waals surface area contributed by atoms with E-state index < -0.39 is 0 Å². The summed E-state index contributed by atoms with van der Waals surface area (Å²) in [6.45, 7) is 1.84. The van der Waals surface area contributed by atoms with Gasteiger partial charge in [-0.25, -0.2) is 9.97 Å². The number of hydrogen-bond donors (Lipinski definition) is 1. The summed E-state index contributed by atoms with van der Waals surface area (Å²) in [4.78, 5) is 12.9. The molecule has 0 aliphatic carbocycles. The molecule has 100 valence electrons. The molecule has 3 rings (SSSR count). The molecular weight excluding hydrogens is 262 g/mol. The zero-order valence-electron chi connectivity index (χ0n) is 10.8. The van der Waals surface area contributed by atoms with Crippen LogP contribution in [0.2, 0.25) is 0 Å². The van der Waals surface area contributed by atoms with Crippen LogP contribution in [0.25, 0.3) is 11.5 Å². The second kappa shape index (κ2) is 5.26. The number of aromatic nitrogens is 4. The van der Waals surface area contributed by atoms with Crippen molar-refractivity contribution in [2.45, 2.75) is 18.9 Å². The molecule has 0 aromatic carbocycles. The molecule has 0 spiro atoms. The fourth-order valence-electron chi connectivity index (χ4n) is 2.15. The Kier molecular flexibility index (Phi) is 3.48. The van der Waals surface area contributed by atoms with E-state index in [0.717, 1.165) is 11.5 Å². The highest BCUT2D eigenvalue weighted by molar-refractivity contribution is 7.99. The quantitative estimate of drug-likeness (QED) is 0.904. The fourth-order valence-corrected chi connectivity index (χ4v) is 3.57. The molecule has 6 nitrogen and oxygen atoms in total. The molecule has 3 heterocycles. The first-order valence-corrected chi connectivity index (χ1v) is 7.32. The average Bonchev–Trinajstić information content (AvgIpc) is 3.07. The minimum absolute atomic E-state index is 0.277. The highest BCUT2D eigenvalue weighted by Crippen LogP contribution is 2.32. The lowest BCUT2D eigenvalue weighted by Crippen LogP contribution is -2.31. The molecule has 1 fully saturated rings. The van der Waals surface area contributed by atoms with Gasteiger partial charge in [0.2, 0.25) is 11.7 Å². The van der Waals surface area contributed by atoms with Crippen LogP contribution in [0.4, 0.5) is 0 Å². The van der Waals surface area contributed by atoms with Crippen LogP contribution in [0.3, 0.4) is 0 Å². The third kappa shape index (κ3) is 2.48. The fraction of sp³-hybridized carbons (Fsp3) is 0.500. The molecule has 2 aromatic heterocycles. The van der Waals surface area contributed by atoms with Crippen molar-refractivity contribution in [3.8, 4) is 11.5 Å². The number of nitrogens with zero attached hydrogens (tertiary/aromatic N) is 4. The smallest absolute Gasteiger partial charge is 0.232 e. The zero-order valence-corrected chi connectivity index (χ0v) is 11.6. The third-order valence-electron chi connectivity index (χ3n) is 3.22. The first-order valence-electron chi connectivity index (χ1n) is 6.16. The normalized spacial score (nSPS) is 22.8. The summed E-state index contributed by atoms with van der Waals surface area (Å²) >= 11 is 1.90. The summed E-state index contributed by atoms with van der Waals surface area (Å²) in [6.07, 6.45) is 1.70. The van der Waals surface area contributed by atoms with Gasteiger partial charge in [0, 0.05) is 23.7 Å². The molecule has 19 heavy (non-hydrogen) atoms. The Labute approximate surface area is 115 Å². The van der Waals surface area contributed by atoms with E-state index in [4.69, 9.17) is 4.52 Å². The second-order valence-corrected chi connectivity index (χ2v) is 5.56. The van der Waals surface area contributed by atoms with Crippen molar-refractivity contribution in [3.63, 3.8) is 0 Å². The number of likely N-dealkylation sites (N-methyl/N-ethyl adjacent to an activating group) is 1. The van der Waals surface area contributed by atoms with Gasteiger partial charge in [-0.3, -0.25) is 0 Å². The predicted molar refractivity (Wildman–Crippen MR) is 73.0 cm³/mol. The van der Waals surface area contributed by atoms with Crippen molar-refractivity contribution >= 4 is 11.8 Å². The van der Waals surface area contributed by atoms with Gasteiger partial charge in [-0.05, 0) is 20.0 Å². The van der Waals surface area contributed by atoms with E-state index in [1.807, 2.05) is 25.7 Å². The first kappa shape index (κ1) is 12.6. The van der Waals surface area contributed by atoms with Crippen LogP contribution >= 0.6 is 11.8 Å². The number of thioether (sulfide) groups is 1. The van der Waals surface area contributed by atoms with Crippen molar-refractivity contribution in [1.82, 2.24) is 25.4 Å². The van der Waals surface area contributed by atoms with E-state index >= 15 is 0 Å². The summed E-state index contributed by atoms with van der Waals surface area (Å²) in [5.74, 6) is 4.29. The van der Waals surface area contributed by atoms with Crippen LogP contribution in [-0.4, -0.2) is 44.7 Å². The van der Waals surface area contributed by atoms with Crippen molar-refractivity contribution < 1.29 is 4.52 Å². The van der Waals surface area contributed by atoms with Gasteiger partial charge >= 0.3 is 0 Å². The van der Waals surface area contributed by atoms with Gasteiger partial charge < -0.3 is 9.84 Å². The number of aryl methyl sites for hydroxylation is 1. The highest BCUT2D eigenvalue weighted by atomic mass is 32.2. The Morgan fingerprint density at radius 2 is 2.26 bits per heavy atom. The molecular formula is C12H15N5OS. The van der Waals surface area contributed by atoms with Gasteiger partial charge in [0.15, 0.2) is 0 Å². The van der Waals surface area contributed by atoms with Crippen molar-refractivity contribution in [1.29, 1.82) is 0 Å². The Morgan fingerprint density at radius 1 is 1.37 bits per heavy atom. The maximum Gasteiger partial charge on any atom is 0.232 e. The summed E-state index contributed by atoms with van der Waals surface area (Å²) in [7, 11) is 1.97. The summed E-state index contributed by atoms with van der Waals surface area (Å²) in [5.41, 5.74) is 0.703. The van der Waals surface area contributed by atoms with Gasteiger partial charge in [-0.2, -0.15) is 16.7 Å². The lowest BCUT2D eigenvalue weighted by molar-refractivity contribution is 0.344. The van der Waals surface area contributed by atoms with Crippen LogP contribution in [0.5, 0.6) is 0 Å². The van der Waals surface area contributed by atoms with Gasteiger partial charge in [-0.15, -0.1) is 0 Å². The molecule has 2 unspecified atom stereocenters. The topological polar surface area (TPSA) is 76.7 Å². The molecule has 1 aliphatic rings. The molecule has 0 bridgehead atoms. The Bertz CT molecular complexity index is 573. The van der Waals surface area contributed by atoms with Crippen LogP contribution in [0, 0.1) is 6.92 Å². The second-order valence-electron chi connectivity index (χ2n) is 4.48. The van der Waals surface area contributed by atoms with Crippen LogP contribution in [-0.2, 0) is 0 Å². The molecule has 7 heteroatoms. The molecule has 0 saturated carbocycles. The van der Waals surface area contributed by atoms with E-state index in [1.54, 1.807) is 12.3 Å². The van der Waals surface area contributed by atoms with Gasteiger partial charge in [0.05, 0.1) is 5.92 Å². The van der Waals surface area contributed by atoms with Crippen LogP contribution in [0.15, 0.2) is 16.8 Å². The first-order chi connectivity index (χ1) is 9.28. The molecule has 0 radical (unpaired) electrons. The van der Waals surface area contributed by atoms with Crippen molar-refractivity contribution in [2.75, 3.05) is 18.6 Å². The molecule has 1 saturated heterocycles. The van der Waals surface area contributed by atoms with Gasteiger partial charge in [0.1, 0.15) is 11.5 Å². The maximum atomic E-state index is 5.40. The lowest BCUT2D eigenvalue weighted by Gasteiger charge is -2.13. The van der Waals surface area contributed by atoms with E-state index in [-0.39, 0.29) is 5.92 Å². The number of rotatable bonds is 3. The Morgan fingerprint density at radius 3 is 3.05 bits per heavy atom. The standard InChI is InChI=1S/C12H15N5OS/c1-7-14-4-3-9(15-7)11-16-12(18-17-11)8-5-19-6-10(8)13-2/h3-4,8,10,13H,5-6H2,1-2H3. The van der Waals surface area contributed by atoms with Crippen LogP contribution < -0.4 is 5.32 Å². The summed E-state index contributed by atoms with van der Waals surface area (Å²) in [6, 6.07) is 2.19. The van der Waals surface area contributed by atoms with E-state index in [9.17, 15) is 0 Å². The maximum absolute atomic E-state index is 5.40. The van der Waals surface area contributed by atoms with Crippen molar-refractivity contribution in [3.05, 3.63) is 24.0 Å². The van der Waals surface area contributed by atoms with Gasteiger partial charge in [-0.1, -0.05) is 5.16 Å². The monoisotopic (exact) mass is 277 g/mol. The Hall–Kier alpha value is -1.47. The average molecular weight is 277 g/mol. The van der Waals surface area contributed by atoms with E-state index in [1.165, 1.54) is 0 Å². The summed E-state index contributed by atoms with van der Waals surface area (Å²) < 4.78 is 5.40. The molecule has 1 N–H and O–H groups in total. The van der Waals surface area contributed by atoms with E-state index in [0.29, 0.717) is 29.3 Å². The van der Waals surface area contributed by atoms with Crippen LogP contribution in [0.1, 0.15) is 17.6 Å². The molecule has 2 aromatic rings. The predicted octanol–water partition coefficient (Wildman–Crippen LogP) is 1.25. The minimum Gasteiger partial charge on any atom is -0.339 e. The third-order valence-corrected chi connectivity index (χ3v) is 4.41. The summed E-state index contributed by atoms with van der Waals surface area (Å²) in [5, 5.41) is 7.32. The van der Waals surface area contributed by atoms with Gasteiger partial charge in [0.25, 0.3) is 0 Å². The highest BCUT2D eigenvalue weighted by Gasteiger charge is 2.32. The SMILES string of the molecule is CNC1CSCC1c1nc(-c2ccnc(C)n2)no1. The number of hydrogen-bond acceptors (Lipinski definition) is 7. The number of nitrogens with one attached hydrogen (secondary N) is 1. The molecule has 0 amide bonds. The lowest BCUT2D eigenvalue weighted by atomic mass is 10.0. The van der Waals surface area contributed by atoms with Crippen molar-refractivity contribution in [2.24, 2.45) is 0 Å². The largest absolute Gasteiger partial charge is 0.339 e. The minimum atomic E-state index is 0.277. The molecule has 2 atom stereocenters. The van der Waals surface area contributed by atoms with E-state index in [2.05, 4.69) is 25.4 Å². The molecule has 1 aliphatic heterocycles.